The molecule has 0 saturated carbocycles. The lowest BCUT2D eigenvalue weighted by Gasteiger charge is -2.31. The van der Waals surface area contributed by atoms with Crippen molar-refractivity contribution in [1.29, 1.82) is 0 Å². The van der Waals surface area contributed by atoms with E-state index in [9.17, 15) is 4.79 Å². The molecule has 3 nitrogen and oxygen atoms in total. The van der Waals surface area contributed by atoms with Gasteiger partial charge >= 0.3 is 0 Å². The predicted octanol–water partition coefficient (Wildman–Crippen LogP) is 5.79. The Kier molecular flexibility index (Phi) is 5.37. The fourth-order valence-electron chi connectivity index (χ4n) is 4.65. The molecule has 0 aliphatic carbocycles. The van der Waals surface area contributed by atoms with Crippen LogP contribution in [0.1, 0.15) is 30.6 Å². The summed E-state index contributed by atoms with van der Waals surface area (Å²) in [6.45, 7) is 2.86. The number of benzene rings is 3. The molecule has 5 rings (SSSR count). The fraction of sp³-hybridized carbons (Fsp3) is 0.296. The molecule has 3 heteroatoms. The SMILES string of the molecule is O=c1cc(CN2CCC(CCc3ccc4ccccc4c3)CC2)oc2ccccc12. The zero-order valence-corrected chi connectivity index (χ0v) is 17.2. The maximum Gasteiger partial charge on any atom is 0.192 e. The van der Waals surface area contributed by atoms with Crippen molar-refractivity contribution in [3.8, 4) is 0 Å². The molecule has 1 saturated heterocycles. The minimum atomic E-state index is 0.0529. The average molecular weight is 398 g/mol. The third-order valence-corrected chi connectivity index (χ3v) is 6.43. The molecule has 3 aromatic carbocycles. The van der Waals surface area contributed by atoms with Gasteiger partial charge in [-0.3, -0.25) is 9.69 Å². The molecule has 30 heavy (non-hydrogen) atoms. The molecule has 0 amide bonds. The zero-order chi connectivity index (χ0) is 20.3. The van der Waals surface area contributed by atoms with E-state index < -0.39 is 0 Å². The van der Waals surface area contributed by atoms with E-state index in [1.807, 2.05) is 24.3 Å². The molecule has 1 fully saturated rings. The van der Waals surface area contributed by atoms with Crippen molar-refractivity contribution in [3.05, 3.63) is 94.3 Å². The predicted molar refractivity (Wildman–Crippen MR) is 123 cm³/mol. The molecule has 0 unspecified atom stereocenters. The highest BCUT2D eigenvalue weighted by molar-refractivity contribution is 5.83. The normalized spacial score (nSPS) is 15.7. The lowest BCUT2D eigenvalue weighted by Crippen LogP contribution is -2.33. The van der Waals surface area contributed by atoms with Crippen molar-refractivity contribution in [2.45, 2.75) is 32.2 Å². The summed E-state index contributed by atoms with van der Waals surface area (Å²) in [5.74, 6) is 1.55. The summed E-state index contributed by atoms with van der Waals surface area (Å²) in [7, 11) is 0. The molecule has 2 heterocycles. The summed E-state index contributed by atoms with van der Waals surface area (Å²) >= 11 is 0. The monoisotopic (exact) mass is 397 g/mol. The number of rotatable bonds is 5. The van der Waals surface area contributed by atoms with Gasteiger partial charge in [-0.25, -0.2) is 0 Å². The number of hydrogen-bond acceptors (Lipinski definition) is 3. The van der Waals surface area contributed by atoms with E-state index in [1.165, 1.54) is 35.6 Å². The van der Waals surface area contributed by atoms with Gasteiger partial charge in [-0.1, -0.05) is 54.6 Å². The molecule has 0 radical (unpaired) electrons. The highest BCUT2D eigenvalue weighted by Gasteiger charge is 2.20. The highest BCUT2D eigenvalue weighted by atomic mass is 16.3. The van der Waals surface area contributed by atoms with Crippen molar-refractivity contribution in [3.63, 3.8) is 0 Å². The second-order valence-electron chi connectivity index (χ2n) is 8.51. The third kappa shape index (κ3) is 4.17. The largest absolute Gasteiger partial charge is 0.459 e. The van der Waals surface area contributed by atoms with Gasteiger partial charge in [-0.05, 0) is 73.2 Å². The number of fused-ring (bicyclic) bond motifs is 2. The molecule has 0 N–H and O–H groups in total. The van der Waals surface area contributed by atoms with Crippen molar-refractivity contribution in [1.82, 2.24) is 4.90 Å². The van der Waals surface area contributed by atoms with Crippen molar-refractivity contribution >= 4 is 21.7 Å². The summed E-state index contributed by atoms with van der Waals surface area (Å²) in [6.07, 6.45) is 4.82. The summed E-state index contributed by atoms with van der Waals surface area (Å²) in [5.41, 5.74) is 2.18. The van der Waals surface area contributed by atoms with E-state index in [4.69, 9.17) is 4.42 Å². The molecule has 4 aromatic rings. The molecule has 1 aromatic heterocycles. The van der Waals surface area contributed by atoms with Crippen LogP contribution in [0, 0.1) is 5.92 Å². The van der Waals surface area contributed by atoms with Crippen LogP contribution in [0.4, 0.5) is 0 Å². The maximum absolute atomic E-state index is 12.3. The summed E-state index contributed by atoms with van der Waals surface area (Å²) < 4.78 is 5.97. The van der Waals surface area contributed by atoms with Crippen LogP contribution in [0.25, 0.3) is 21.7 Å². The maximum atomic E-state index is 12.3. The lowest BCUT2D eigenvalue weighted by molar-refractivity contribution is 0.162. The minimum absolute atomic E-state index is 0.0529. The van der Waals surface area contributed by atoms with Crippen LogP contribution < -0.4 is 5.43 Å². The van der Waals surface area contributed by atoms with Gasteiger partial charge < -0.3 is 4.42 Å². The van der Waals surface area contributed by atoms with E-state index in [-0.39, 0.29) is 5.43 Å². The number of aryl methyl sites for hydroxylation is 1. The summed E-state index contributed by atoms with van der Waals surface area (Å²) in [5, 5.41) is 3.31. The minimum Gasteiger partial charge on any atom is -0.459 e. The van der Waals surface area contributed by atoms with Gasteiger partial charge in [-0.15, -0.1) is 0 Å². The third-order valence-electron chi connectivity index (χ3n) is 6.43. The number of piperidine rings is 1. The first-order valence-corrected chi connectivity index (χ1v) is 11.0. The molecule has 1 aliphatic heterocycles. The first-order valence-electron chi connectivity index (χ1n) is 11.0. The Hall–Kier alpha value is -2.91. The second-order valence-corrected chi connectivity index (χ2v) is 8.51. The van der Waals surface area contributed by atoms with E-state index in [2.05, 4.69) is 47.4 Å². The lowest BCUT2D eigenvalue weighted by atomic mass is 9.90. The van der Waals surface area contributed by atoms with E-state index in [0.717, 1.165) is 37.7 Å². The van der Waals surface area contributed by atoms with E-state index >= 15 is 0 Å². The van der Waals surface area contributed by atoms with E-state index in [1.54, 1.807) is 6.07 Å². The van der Waals surface area contributed by atoms with Crippen LogP contribution in [0.2, 0.25) is 0 Å². The second kappa shape index (κ2) is 8.45. The smallest absolute Gasteiger partial charge is 0.192 e. The molecular formula is C27H27NO2. The molecule has 0 spiro atoms. The number of para-hydroxylation sites is 1. The Labute approximate surface area is 176 Å². The average Bonchev–Trinajstić information content (AvgIpc) is 2.78. The Morgan fingerprint density at radius 3 is 2.50 bits per heavy atom. The van der Waals surface area contributed by atoms with E-state index in [0.29, 0.717) is 11.0 Å². The number of hydrogen-bond donors (Lipinski definition) is 0. The Bertz CT molecular complexity index is 1220. The first-order chi connectivity index (χ1) is 14.7. The standard InChI is InChI=1S/C27H27NO2/c29-26-18-24(30-27-8-4-3-7-25(26)27)19-28-15-13-20(14-16-28)9-10-21-11-12-22-5-1-2-6-23(22)17-21/h1-8,11-12,17-18,20H,9-10,13-16,19H2. The Morgan fingerprint density at radius 2 is 1.63 bits per heavy atom. The van der Waals surface area contributed by atoms with Gasteiger partial charge in [0, 0.05) is 6.07 Å². The molecular weight excluding hydrogens is 370 g/mol. The summed E-state index contributed by atoms with van der Waals surface area (Å²) in [4.78, 5) is 14.7. The van der Waals surface area contributed by atoms with Crippen LogP contribution in [0.3, 0.4) is 0 Å². The first kappa shape index (κ1) is 19.1. The topological polar surface area (TPSA) is 33.5 Å². The van der Waals surface area contributed by atoms with Crippen LogP contribution in [0.5, 0.6) is 0 Å². The van der Waals surface area contributed by atoms with Crippen molar-refractivity contribution in [2.75, 3.05) is 13.1 Å². The summed E-state index contributed by atoms with van der Waals surface area (Å²) in [6, 6.07) is 24.6. The molecule has 1 aliphatic rings. The van der Waals surface area contributed by atoms with Crippen LogP contribution in [0.15, 0.2) is 82.0 Å². The quantitative estimate of drug-likeness (QED) is 0.427. The van der Waals surface area contributed by atoms with Crippen LogP contribution in [-0.2, 0) is 13.0 Å². The van der Waals surface area contributed by atoms with Gasteiger partial charge in [0.2, 0.25) is 0 Å². The van der Waals surface area contributed by atoms with Gasteiger partial charge in [0.05, 0.1) is 11.9 Å². The Balaban J connectivity index is 1.16. The van der Waals surface area contributed by atoms with Gasteiger partial charge in [0.15, 0.2) is 5.43 Å². The van der Waals surface area contributed by atoms with Crippen molar-refractivity contribution in [2.24, 2.45) is 5.92 Å². The van der Waals surface area contributed by atoms with Crippen LogP contribution >= 0.6 is 0 Å². The fourth-order valence-corrected chi connectivity index (χ4v) is 4.65. The highest BCUT2D eigenvalue weighted by Crippen LogP contribution is 2.25. The van der Waals surface area contributed by atoms with Gasteiger partial charge in [0.25, 0.3) is 0 Å². The molecule has 0 atom stereocenters. The molecule has 0 bridgehead atoms. The molecule has 152 valence electrons. The zero-order valence-electron chi connectivity index (χ0n) is 17.2. The Morgan fingerprint density at radius 1 is 0.867 bits per heavy atom. The number of nitrogens with zero attached hydrogens (tertiary/aromatic N) is 1. The van der Waals surface area contributed by atoms with Gasteiger partial charge in [-0.2, -0.15) is 0 Å². The van der Waals surface area contributed by atoms with Crippen molar-refractivity contribution < 1.29 is 4.42 Å². The number of likely N-dealkylation sites (tertiary alicyclic amines) is 1. The van der Waals surface area contributed by atoms with Crippen LogP contribution in [-0.4, -0.2) is 18.0 Å². The van der Waals surface area contributed by atoms with Gasteiger partial charge in [0.1, 0.15) is 11.3 Å².